The number of hydrogen-bond donors (Lipinski definition) is 1. The standard InChI is InChI=1S/C26H23ClN4O6/c1-14-9-16(10-15(2)22(14)35-13-21(32)31-8-4-7-20(31)25(33)34)23-29-19-12-28-26(30-24(19)37-23)36-18-6-3-5-17(27)11-18/h3,5-6,9-12,20H,4,7-8,13H2,1-2H3,(H,33,34)/t20-/m0/s1. The molecule has 1 aliphatic heterocycles. The van der Waals surface area contributed by atoms with E-state index >= 15 is 0 Å². The van der Waals surface area contributed by atoms with Crippen molar-refractivity contribution in [2.45, 2.75) is 32.7 Å². The molecule has 1 aliphatic rings. The Morgan fingerprint density at radius 3 is 2.70 bits per heavy atom. The second-order valence-electron chi connectivity index (χ2n) is 8.73. The van der Waals surface area contributed by atoms with Crippen LogP contribution in [-0.2, 0) is 9.59 Å². The lowest BCUT2D eigenvalue weighted by molar-refractivity contribution is -0.149. The number of likely N-dealkylation sites (tertiary alicyclic amines) is 1. The molecule has 1 fully saturated rings. The van der Waals surface area contributed by atoms with Gasteiger partial charge in [-0.05, 0) is 68.1 Å². The van der Waals surface area contributed by atoms with E-state index in [1.165, 1.54) is 11.1 Å². The number of aliphatic carboxylic acids is 1. The zero-order chi connectivity index (χ0) is 26.1. The van der Waals surface area contributed by atoms with Crippen LogP contribution in [-0.4, -0.2) is 56.0 Å². The van der Waals surface area contributed by atoms with E-state index in [9.17, 15) is 14.7 Å². The van der Waals surface area contributed by atoms with Crippen molar-refractivity contribution in [3.8, 4) is 29.0 Å². The first-order valence-electron chi connectivity index (χ1n) is 11.6. The van der Waals surface area contributed by atoms with Crippen molar-refractivity contribution in [1.29, 1.82) is 0 Å². The van der Waals surface area contributed by atoms with Crippen LogP contribution in [0.5, 0.6) is 17.5 Å². The third kappa shape index (κ3) is 5.19. The normalized spacial score (nSPS) is 15.2. The molecule has 2 aromatic carbocycles. The number of rotatable bonds is 7. The summed E-state index contributed by atoms with van der Waals surface area (Å²) in [6, 6.07) is 9.87. The summed E-state index contributed by atoms with van der Waals surface area (Å²) in [7, 11) is 0. The molecule has 37 heavy (non-hydrogen) atoms. The predicted molar refractivity (Wildman–Crippen MR) is 134 cm³/mol. The molecule has 2 aromatic heterocycles. The van der Waals surface area contributed by atoms with E-state index < -0.39 is 12.0 Å². The summed E-state index contributed by atoms with van der Waals surface area (Å²) in [6.45, 7) is 3.89. The number of ether oxygens (including phenoxy) is 2. The molecule has 0 spiro atoms. The van der Waals surface area contributed by atoms with Gasteiger partial charge in [-0.3, -0.25) is 4.79 Å². The van der Waals surface area contributed by atoms with Gasteiger partial charge >= 0.3 is 12.0 Å². The van der Waals surface area contributed by atoms with Crippen molar-refractivity contribution in [3.63, 3.8) is 0 Å². The van der Waals surface area contributed by atoms with Crippen LogP contribution in [0.1, 0.15) is 24.0 Å². The molecule has 0 radical (unpaired) electrons. The van der Waals surface area contributed by atoms with Gasteiger partial charge in [-0.25, -0.2) is 14.8 Å². The number of fused-ring (bicyclic) bond motifs is 1. The minimum atomic E-state index is -0.992. The molecule has 3 heterocycles. The van der Waals surface area contributed by atoms with Gasteiger partial charge in [-0.2, -0.15) is 4.98 Å². The second-order valence-corrected chi connectivity index (χ2v) is 9.17. The average molecular weight is 523 g/mol. The maximum Gasteiger partial charge on any atom is 0.326 e. The lowest BCUT2D eigenvalue weighted by Gasteiger charge is -2.22. The Bertz CT molecular complexity index is 1480. The number of aryl methyl sites for hydroxylation is 2. The van der Waals surface area contributed by atoms with Crippen LogP contribution in [0.15, 0.2) is 47.0 Å². The van der Waals surface area contributed by atoms with E-state index in [-0.39, 0.29) is 24.2 Å². The Morgan fingerprint density at radius 1 is 1.19 bits per heavy atom. The third-order valence-corrected chi connectivity index (χ3v) is 6.27. The number of oxazole rings is 1. The van der Waals surface area contributed by atoms with Crippen molar-refractivity contribution in [2.75, 3.05) is 13.2 Å². The Morgan fingerprint density at radius 2 is 1.97 bits per heavy atom. The van der Waals surface area contributed by atoms with Crippen LogP contribution >= 0.6 is 11.6 Å². The number of carboxylic acid groups (broad SMARTS) is 1. The maximum atomic E-state index is 12.6. The molecule has 1 amide bonds. The largest absolute Gasteiger partial charge is 0.483 e. The average Bonchev–Trinajstić information content (AvgIpc) is 3.51. The predicted octanol–water partition coefficient (Wildman–Crippen LogP) is 4.80. The molecular weight excluding hydrogens is 500 g/mol. The SMILES string of the molecule is Cc1cc(-c2nc3cnc(Oc4cccc(Cl)c4)nc3o2)cc(C)c1OCC(=O)N1CCC[C@H]1C(=O)O. The van der Waals surface area contributed by atoms with E-state index in [2.05, 4.69) is 15.0 Å². The highest BCUT2D eigenvalue weighted by Crippen LogP contribution is 2.32. The lowest BCUT2D eigenvalue weighted by atomic mass is 10.1. The van der Waals surface area contributed by atoms with Gasteiger partial charge < -0.3 is 23.9 Å². The molecule has 0 unspecified atom stereocenters. The summed E-state index contributed by atoms with van der Waals surface area (Å²) in [6.07, 6.45) is 2.64. The number of hydrogen-bond acceptors (Lipinski definition) is 8. The molecule has 0 saturated carbocycles. The third-order valence-electron chi connectivity index (χ3n) is 6.04. The fourth-order valence-electron chi connectivity index (χ4n) is 4.37. The van der Waals surface area contributed by atoms with Crippen molar-refractivity contribution < 1.29 is 28.6 Å². The number of carbonyl (C=O) groups is 2. The first-order chi connectivity index (χ1) is 17.8. The monoisotopic (exact) mass is 522 g/mol. The van der Waals surface area contributed by atoms with Crippen LogP contribution in [0.4, 0.5) is 0 Å². The van der Waals surface area contributed by atoms with Gasteiger partial charge in [0.15, 0.2) is 6.61 Å². The van der Waals surface area contributed by atoms with E-state index in [0.29, 0.717) is 52.9 Å². The number of aromatic nitrogens is 3. The molecule has 190 valence electrons. The van der Waals surface area contributed by atoms with Gasteiger partial charge in [0.25, 0.3) is 11.6 Å². The molecule has 11 heteroatoms. The molecule has 4 aromatic rings. The molecule has 1 saturated heterocycles. The molecule has 1 atom stereocenters. The molecule has 0 aliphatic carbocycles. The minimum Gasteiger partial charge on any atom is -0.483 e. The van der Waals surface area contributed by atoms with Crippen LogP contribution in [0.25, 0.3) is 22.7 Å². The van der Waals surface area contributed by atoms with Gasteiger partial charge in [-0.15, -0.1) is 0 Å². The fraction of sp³-hybridized carbons (Fsp3) is 0.269. The quantitative estimate of drug-likeness (QED) is 0.364. The molecular formula is C26H23ClN4O6. The molecule has 1 N–H and O–H groups in total. The van der Waals surface area contributed by atoms with Crippen molar-refractivity contribution in [3.05, 3.63) is 58.7 Å². The fourth-order valence-corrected chi connectivity index (χ4v) is 4.55. The second kappa shape index (κ2) is 10.1. The Kier molecular flexibility index (Phi) is 6.66. The van der Waals surface area contributed by atoms with Gasteiger partial charge in [0, 0.05) is 17.1 Å². The zero-order valence-electron chi connectivity index (χ0n) is 20.1. The van der Waals surface area contributed by atoms with Crippen molar-refractivity contribution in [1.82, 2.24) is 19.9 Å². The summed E-state index contributed by atoms with van der Waals surface area (Å²) < 4.78 is 17.4. The van der Waals surface area contributed by atoms with Crippen molar-refractivity contribution >= 4 is 34.7 Å². The Labute approximate surface area is 216 Å². The number of benzene rings is 2. The summed E-state index contributed by atoms with van der Waals surface area (Å²) in [4.78, 5) is 38.3. The van der Waals surface area contributed by atoms with E-state index in [1.807, 2.05) is 26.0 Å². The number of halogens is 1. The van der Waals surface area contributed by atoms with Gasteiger partial charge in [0.05, 0.1) is 6.20 Å². The van der Waals surface area contributed by atoms with E-state index in [4.69, 9.17) is 25.5 Å². The number of amides is 1. The summed E-state index contributed by atoms with van der Waals surface area (Å²) in [5, 5.41) is 9.85. The topological polar surface area (TPSA) is 128 Å². The Hall–Kier alpha value is -4.18. The number of carboxylic acids is 1. The highest BCUT2D eigenvalue weighted by Gasteiger charge is 2.34. The van der Waals surface area contributed by atoms with E-state index in [1.54, 1.807) is 24.3 Å². The molecule has 0 bridgehead atoms. The smallest absolute Gasteiger partial charge is 0.326 e. The lowest BCUT2D eigenvalue weighted by Crippen LogP contribution is -2.42. The minimum absolute atomic E-state index is 0.0985. The molecule has 10 nitrogen and oxygen atoms in total. The van der Waals surface area contributed by atoms with Crippen LogP contribution < -0.4 is 9.47 Å². The van der Waals surface area contributed by atoms with Gasteiger partial charge in [0.1, 0.15) is 23.1 Å². The summed E-state index contributed by atoms with van der Waals surface area (Å²) >= 11 is 6.00. The highest BCUT2D eigenvalue weighted by molar-refractivity contribution is 6.30. The van der Waals surface area contributed by atoms with Crippen molar-refractivity contribution in [2.24, 2.45) is 0 Å². The van der Waals surface area contributed by atoms with Crippen LogP contribution in [0.2, 0.25) is 5.02 Å². The summed E-state index contributed by atoms with van der Waals surface area (Å²) in [5.41, 5.74) is 2.99. The van der Waals surface area contributed by atoms with Gasteiger partial charge in [0.2, 0.25) is 5.89 Å². The van der Waals surface area contributed by atoms with Gasteiger partial charge in [-0.1, -0.05) is 17.7 Å². The van der Waals surface area contributed by atoms with Crippen LogP contribution in [0, 0.1) is 13.8 Å². The highest BCUT2D eigenvalue weighted by atomic mass is 35.5. The summed E-state index contributed by atoms with van der Waals surface area (Å²) in [5.74, 6) is 0.0561. The first-order valence-corrected chi connectivity index (χ1v) is 12.0. The number of nitrogens with zero attached hydrogens (tertiary/aromatic N) is 4. The molecule has 5 rings (SSSR count). The maximum absolute atomic E-state index is 12.6. The zero-order valence-corrected chi connectivity index (χ0v) is 20.9. The van der Waals surface area contributed by atoms with E-state index in [0.717, 1.165) is 11.1 Å². The Balaban J connectivity index is 1.32. The number of carbonyl (C=O) groups excluding carboxylic acids is 1. The van der Waals surface area contributed by atoms with Crippen LogP contribution in [0.3, 0.4) is 0 Å². The first kappa shape index (κ1) is 24.5.